The molecule has 0 aliphatic rings. The lowest BCUT2D eigenvalue weighted by atomic mass is 9.95. The van der Waals surface area contributed by atoms with E-state index in [1.165, 1.54) is 17.4 Å². The smallest absolute Gasteiger partial charge is 0.0736 e. The molecule has 0 bridgehead atoms. The monoisotopic (exact) mass is 242 g/mol. The Bertz CT molecular complexity index is 488. The summed E-state index contributed by atoms with van der Waals surface area (Å²) < 4.78 is 0. The molecule has 1 atom stereocenters. The molecule has 2 nitrogen and oxygen atoms in total. The molecule has 18 heavy (non-hydrogen) atoms. The molecule has 1 heterocycles. The zero-order valence-electron chi connectivity index (χ0n) is 11.3. The van der Waals surface area contributed by atoms with Gasteiger partial charge in [-0.3, -0.25) is 4.98 Å². The minimum Gasteiger partial charge on any atom is -0.317 e. The molecular weight excluding hydrogens is 220 g/mol. The first-order valence-corrected chi connectivity index (χ1v) is 6.87. The van der Waals surface area contributed by atoms with Gasteiger partial charge in [-0.05, 0) is 43.5 Å². The summed E-state index contributed by atoms with van der Waals surface area (Å²) >= 11 is 0. The molecule has 0 saturated carbocycles. The Balaban J connectivity index is 2.10. The fourth-order valence-electron chi connectivity index (χ4n) is 2.30. The summed E-state index contributed by atoms with van der Waals surface area (Å²) in [7, 11) is 0. The van der Waals surface area contributed by atoms with Gasteiger partial charge in [0.25, 0.3) is 0 Å². The maximum absolute atomic E-state index is 4.53. The van der Waals surface area contributed by atoms with Gasteiger partial charge in [-0.2, -0.15) is 0 Å². The van der Waals surface area contributed by atoms with E-state index in [-0.39, 0.29) is 0 Å². The fraction of sp³-hybridized carbons (Fsp3) is 0.438. The molecule has 0 fully saturated rings. The van der Waals surface area contributed by atoms with Crippen LogP contribution in [0.25, 0.3) is 10.9 Å². The molecule has 1 aromatic heterocycles. The van der Waals surface area contributed by atoms with Crippen LogP contribution >= 0.6 is 0 Å². The first kappa shape index (κ1) is 13.0. The maximum Gasteiger partial charge on any atom is 0.0736 e. The van der Waals surface area contributed by atoms with Crippen molar-refractivity contribution in [2.24, 2.45) is 0 Å². The second kappa shape index (κ2) is 6.50. The highest BCUT2D eigenvalue weighted by molar-refractivity contribution is 5.81. The summed E-state index contributed by atoms with van der Waals surface area (Å²) in [5.74, 6) is 0.549. The van der Waals surface area contributed by atoms with E-state index < -0.39 is 0 Å². The number of benzene rings is 1. The van der Waals surface area contributed by atoms with Crippen LogP contribution in [0.5, 0.6) is 0 Å². The standard InChI is InChI=1S/C16H22N2/c1-3-10-17-12-9-13(2)15-8-4-6-14-7-5-11-18-16(14)15/h4-8,11,13,17H,3,9-10,12H2,1-2H3. The zero-order valence-corrected chi connectivity index (χ0v) is 11.3. The van der Waals surface area contributed by atoms with Gasteiger partial charge in [0.05, 0.1) is 5.52 Å². The zero-order chi connectivity index (χ0) is 12.8. The molecule has 2 rings (SSSR count). The number of hydrogen-bond donors (Lipinski definition) is 1. The predicted octanol–water partition coefficient (Wildman–Crippen LogP) is 3.73. The van der Waals surface area contributed by atoms with E-state index in [2.05, 4.69) is 48.4 Å². The van der Waals surface area contributed by atoms with Gasteiger partial charge in [0.1, 0.15) is 0 Å². The Morgan fingerprint density at radius 1 is 1.17 bits per heavy atom. The van der Waals surface area contributed by atoms with Crippen molar-refractivity contribution in [3.63, 3.8) is 0 Å². The van der Waals surface area contributed by atoms with E-state index in [1.54, 1.807) is 0 Å². The lowest BCUT2D eigenvalue weighted by Gasteiger charge is -2.14. The predicted molar refractivity (Wildman–Crippen MR) is 77.9 cm³/mol. The number of fused-ring (bicyclic) bond motifs is 1. The molecule has 1 aromatic carbocycles. The Hall–Kier alpha value is -1.41. The number of nitrogens with zero attached hydrogens (tertiary/aromatic N) is 1. The minimum absolute atomic E-state index is 0.549. The van der Waals surface area contributed by atoms with Gasteiger partial charge in [0.2, 0.25) is 0 Å². The molecule has 0 aliphatic heterocycles. The van der Waals surface area contributed by atoms with Gasteiger partial charge < -0.3 is 5.32 Å². The molecule has 96 valence electrons. The summed E-state index contributed by atoms with van der Waals surface area (Å²) in [5, 5.41) is 4.70. The van der Waals surface area contributed by atoms with E-state index in [4.69, 9.17) is 0 Å². The molecule has 0 amide bonds. The van der Waals surface area contributed by atoms with Crippen LogP contribution in [0.15, 0.2) is 36.5 Å². The topological polar surface area (TPSA) is 24.9 Å². The highest BCUT2D eigenvalue weighted by atomic mass is 14.8. The number of para-hydroxylation sites is 1. The molecular formula is C16H22N2. The van der Waals surface area contributed by atoms with Crippen molar-refractivity contribution >= 4 is 10.9 Å². The van der Waals surface area contributed by atoms with Crippen LogP contribution in [-0.2, 0) is 0 Å². The molecule has 0 radical (unpaired) electrons. The van der Waals surface area contributed by atoms with Gasteiger partial charge in [0, 0.05) is 11.6 Å². The van der Waals surface area contributed by atoms with Crippen molar-refractivity contribution in [2.45, 2.75) is 32.6 Å². The van der Waals surface area contributed by atoms with Crippen molar-refractivity contribution in [3.05, 3.63) is 42.1 Å². The number of aromatic nitrogens is 1. The largest absolute Gasteiger partial charge is 0.317 e. The van der Waals surface area contributed by atoms with Crippen LogP contribution in [0, 0.1) is 0 Å². The first-order chi connectivity index (χ1) is 8.83. The van der Waals surface area contributed by atoms with Gasteiger partial charge in [-0.1, -0.05) is 38.1 Å². The lowest BCUT2D eigenvalue weighted by Crippen LogP contribution is -2.17. The molecule has 0 saturated heterocycles. The van der Waals surface area contributed by atoms with E-state index >= 15 is 0 Å². The van der Waals surface area contributed by atoms with Crippen LogP contribution in [0.2, 0.25) is 0 Å². The summed E-state index contributed by atoms with van der Waals surface area (Å²) in [6.07, 6.45) is 4.24. The summed E-state index contributed by atoms with van der Waals surface area (Å²) in [6.45, 7) is 6.68. The summed E-state index contributed by atoms with van der Waals surface area (Å²) in [6, 6.07) is 10.6. The summed E-state index contributed by atoms with van der Waals surface area (Å²) in [5.41, 5.74) is 2.52. The summed E-state index contributed by atoms with van der Waals surface area (Å²) in [4.78, 5) is 4.53. The van der Waals surface area contributed by atoms with Crippen LogP contribution in [0.1, 0.15) is 38.2 Å². The number of nitrogens with one attached hydrogen (secondary N) is 1. The van der Waals surface area contributed by atoms with E-state index in [0.29, 0.717) is 5.92 Å². The first-order valence-electron chi connectivity index (χ1n) is 6.87. The van der Waals surface area contributed by atoms with Crippen LogP contribution in [0.4, 0.5) is 0 Å². The van der Waals surface area contributed by atoms with Gasteiger partial charge in [-0.25, -0.2) is 0 Å². The number of hydrogen-bond acceptors (Lipinski definition) is 2. The quantitative estimate of drug-likeness (QED) is 0.781. The minimum atomic E-state index is 0.549. The SMILES string of the molecule is CCCNCCC(C)c1cccc2cccnc12. The average molecular weight is 242 g/mol. The third-order valence-electron chi connectivity index (χ3n) is 3.38. The van der Waals surface area contributed by atoms with Crippen molar-refractivity contribution in [3.8, 4) is 0 Å². The Labute approximate surface area is 109 Å². The highest BCUT2D eigenvalue weighted by Crippen LogP contribution is 2.25. The second-order valence-corrected chi connectivity index (χ2v) is 4.86. The van der Waals surface area contributed by atoms with Crippen LogP contribution < -0.4 is 5.32 Å². The van der Waals surface area contributed by atoms with E-state index in [9.17, 15) is 0 Å². The molecule has 2 heteroatoms. The number of pyridine rings is 1. The van der Waals surface area contributed by atoms with Crippen molar-refractivity contribution in [2.75, 3.05) is 13.1 Å². The van der Waals surface area contributed by atoms with Crippen LogP contribution in [-0.4, -0.2) is 18.1 Å². The van der Waals surface area contributed by atoms with Crippen molar-refractivity contribution < 1.29 is 0 Å². The third kappa shape index (κ3) is 3.08. The molecule has 1 unspecified atom stereocenters. The van der Waals surface area contributed by atoms with Gasteiger partial charge >= 0.3 is 0 Å². The molecule has 0 aliphatic carbocycles. The van der Waals surface area contributed by atoms with Crippen molar-refractivity contribution in [1.29, 1.82) is 0 Å². The lowest BCUT2D eigenvalue weighted by molar-refractivity contribution is 0.592. The fourth-order valence-corrected chi connectivity index (χ4v) is 2.30. The Morgan fingerprint density at radius 2 is 2.00 bits per heavy atom. The third-order valence-corrected chi connectivity index (χ3v) is 3.38. The average Bonchev–Trinajstić information content (AvgIpc) is 2.43. The van der Waals surface area contributed by atoms with Gasteiger partial charge in [-0.15, -0.1) is 0 Å². The van der Waals surface area contributed by atoms with Crippen LogP contribution in [0.3, 0.4) is 0 Å². The Morgan fingerprint density at radius 3 is 2.83 bits per heavy atom. The highest BCUT2D eigenvalue weighted by Gasteiger charge is 2.09. The van der Waals surface area contributed by atoms with E-state index in [0.717, 1.165) is 25.0 Å². The molecule has 0 spiro atoms. The van der Waals surface area contributed by atoms with Gasteiger partial charge in [0.15, 0.2) is 0 Å². The molecule has 1 N–H and O–H groups in total. The maximum atomic E-state index is 4.53. The Kier molecular flexibility index (Phi) is 4.71. The normalized spacial score (nSPS) is 12.8. The number of rotatable bonds is 6. The van der Waals surface area contributed by atoms with Crippen molar-refractivity contribution in [1.82, 2.24) is 10.3 Å². The van der Waals surface area contributed by atoms with E-state index in [1.807, 2.05) is 12.3 Å². The molecule has 2 aromatic rings. The second-order valence-electron chi connectivity index (χ2n) is 4.86.